The third-order valence-electron chi connectivity index (χ3n) is 2.62. The average molecular weight is 177 g/mol. The van der Waals surface area contributed by atoms with Crippen LogP contribution in [-0.2, 0) is 0 Å². The zero-order valence-corrected chi connectivity index (χ0v) is 7.95. The van der Waals surface area contributed by atoms with Crippen LogP contribution in [0.5, 0.6) is 0 Å². The summed E-state index contributed by atoms with van der Waals surface area (Å²) >= 11 is 0. The molecule has 0 saturated carbocycles. The highest BCUT2D eigenvalue weighted by Crippen LogP contribution is 2.22. The third kappa shape index (κ3) is 1.86. The highest BCUT2D eigenvalue weighted by molar-refractivity contribution is 5.19. The van der Waals surface area contributed by atoms with Crippen molar-refractivity contribution in [1.82, 2.24) is 15.3 Å². The minimum atomic E-state index is 0.594. The van der Waals surface area contributed by atoms with Gasteiger partial charge in [0.25, 0.3) is 0 Å². The van der Waals surface area contributed by atoms with Crippen LogP contribution in [0.25, 0.3) is 0 Å². The van der Waals surface area contributed by atoms with Gasteiger partial charge in [-0.05, 0) is 31.9 Å². The van der Waals surface area contributed by atoms with Gasteiger partial charge >= 0.3 is 0 Å². The van der Waals surface area contributed by atoms with Crippen molar-refractivity contribution < 1.29 is 0 Å². The molecule has 3 heteroatoms. The molecule has 1 fully saturated rings. The normalized spacial score (nSPS) is 23.0. The van der Waals surface area contributed by atoms with E-state index in [-0.39, 0.29) is 0 Å². The summed E-state index contributed by atoms with van der Waals surface area (Å²) < 4.78 is 0. The second-order valence-electron chi connectivity index (χ2n) is 3.63. The smallest absolute Gasteiger partial charge is 0.115 e. The predicted octanol–water partition coefficient (Wildman–Crippen LogP) is 1.25. The van der Waals surface area contributed by atoms with Gasteiger partial charge in [-0.25, -0.2) is 9.97 Å². The Morgan fingerprint density at radius 2 is 2.46 bits per heavy atom. The number of piperidine rings is 1. The van der Waals surface area contributed by atoms with Crippen LogP contribution >= 0.6 is 0 Å². The Bertz CT molecular complexity index is 279. The summed E-state index contributed by atoms with van der Waals surface area (Å²) in [7, 11) is 0. The van der Waals surface area contributed by atoms with E-state index < -0.39 is 0 Å². The molecule has 0 aliphatic carbocycles. The highest BCUT2D eigenvalue weighted by Gasteiger charge is 2.17. The van der Waals surface area contributed by atoms with Crippen molar-refractivity contribution in [3.63, 3.8) is 0 Å². The molecule has 0 radical (unpaired) electrons. The van der Waals surface area contributed by atoms with Crippen LogP contribution in [-0.4, -0.2) is 23.1 Å². The molecule has 3 nitrogen and oxygen atoms in total. The molecule has 1 atom stereocenters. The summed E-state index contributed by atoms with van der Waals surface area (Å²) in [6.45, 7) is 4.31. The molecule has 0 aromatic carbocycles. The molecule has 0 unspecified atom stereocenters. The van der Waals surface area contributed by atoms with Gasteiger partial charge in [0.2, 0.25) is 0 Å². The second-order valence-corrected chi connectivity index (χ2v) is 3.63. The third-order valence-corrected chi connectivity index (χ3v) is 2.62. The molecular formula is C10H15N3. The van der Waals surface area contributed by atoms with Gasteiger partial charge in [0.05, 0.1) is 5.69 Å². The Morgan fingerprint density at radius 1 is 1.54 bits per heavy atom. The standard InChI is InChI=1S/C10H15N3/c1-8-5-12-7-13-10(8)9-3-2-4-11-6-9/h5,7,9,11H,2-4,6H2,1H3/t9-/m1/s1. The Kier molecular flexibility index (Phi) is 2.54. The maximum absolute atomic E-state index is 4.35. The van der Waals surface area contributed by atoms with E-state index in [1.807, 2.05) is 6.20 Å². The Morgan fingerprint density at radius 3 is 3.15 bits per heavy atom. The molecule has 0 bridgehead atoms. The molecule has 1 aliphatic heterocycles. The molecule has 1 saturated heterocycles. The summed E-state index contributed by atoms with van der Waals surface area (Å²) in [5.41, 5.74) is 2.44. The maximum Gasteiger partial charge on any atom is 0.115 e. The maximum atomic E-state index is 4.35. The molecule has 1 N–H and O–H groups in total. The van der Waals surface area contributed by atoms with Crippen LogP contribution < -0.4 is 5.32 Å². The fraction of sp³-hybridized carbons (Fsp3) is 0.600. The van der Waals surface area contributed by atoms with Crippen LogP contribution in [0.3, 0.4) is 0 Å². The van der Waals surface area contributed by atoms with Crippen LogP contribution in [0.1, 0.15) is 30.0 Å². The largest absolute Gasteiger partial charge is 0.316 e. The summed E-state index contributed by atoms with van der Waals surface area (Å²) in [6.07, 6.45) is 6.06. The number of aryl methyl sites for hydroxylation is 1. The number of nitrogens with zero attached hydrogens (tertiary/aromatic N) is 2. The fourth-order valence-electron chi connectivity index (χ4n) is 1.92. The van der Waals surface area contributed by atoms with Crippen molar-refractivity contribution in [2.75, 3.05) is 13.1 Å². The number of nitrogens with one attached hydrogen (secondary N) is 1. The Labute approximate surface area is 78.6 Å². The monoisotopic (exact) mass is 177 g/mol. The summed E-state index contributed by atoms with van der Waals surface area (Å²) in [5, 5.41) is 3.40. The van der Waals surface area contributed by atoms with Crippen molar-refractivity contribution >= 4 is 0 Å². The van der Waals surface area contributed by atoms with Gasteiger partial charge in [-0.15, -0.1) is 0 Å². The number of hydrogen-bond donors (Lipinski definition) is 1. The van der Waals surface area contributed by atoms with Gasteiger partial charge in [0, 0.05) is 18.7 Å². The van der Waals surface area contributed by atoms with Gasteiger partial charge in [0.1, 0.15) is 6.33 Å². The lowest BCUT2D eigenvalue weighted by Gasteiger charge is -2.23. The van der Waals surface area contributed by atoms with Crippen LogP contribution in [0.4, 0.5) is 0 Å². The molecule has 2 heterocycles. The minimum absolute atomic E-state index is 0.594. The Balaban J connectivity index is 2.18. The van der Waals surface area contributed by atoms with Gasteiger partial charge in [-0.2, -0.15) is 0 Å². The van der Waals surface area contributed by atoms with Gasteiger partial charge in [-0.3, -0.25) is 0 Å². The van der Waals surface area contributed by atoms with Crippen LogP contribution in [0, 0.1) is 6.92 Å². The zero-order chi connectivity index (χ0) is 9.10. The lowest BCUT2D eigenvalue weighted by Crippen LogP contribution is -2.29. The van der Waals surface area contributed by atoms with E-state index in [4.69, 9.17) is 0 Å². The quantitative estimate of drug-likeness (QED) is 0.701. The first-order valence-corrected chi connectivity index (χ1v) is 4.85. The number of aromatic nitrogens is 2. The van der Waals surface area contributed by atoms with Crippen molar-refractivity contribution in [3.8, 4) is 0 Å². The van der Waals surface area contributed by atoms with Gasteiger partial charge in [0.15, 0.2) is 0 Å². The molecular weight excluding hydrogens is 162 g/mol. The first-order valence-electron chi connectivity index (χ1n) is 4.85. The second kappa shape index (κ2) is 3.83. The lowest BCUT2D eigenvalue weighted by molar-refractivity contribution is 0.452. The summed E-state index contributed by atoms with van der Waals surface area (Å²) in [4.78, 5) is 8.36. The van der Waals surface area contributed by atoms with E-state index in [0.29, 0.717) is 5.92 Å². The lowest BCUT2D eigenvalue weighted by atomic mass is 9.94. The molecule has 1 aromatic rings. The molecule has 70 valence electrons. The van der Waals surface area contributed by atoms with E-state index in [1.54, 1.807) is 6.33 Å². The first kappa shape index (κ1) is 8.63. The van der Waals surface area contributed by atoms with E-state index in [1.165, 1.54) is 24.1 Å². The Hall–Kier alpha value is -0.960. The minimum Gasteiger partial charge on any atom is -0.316 e. The zero-order valence-electron chi connectivity index (χ0n) is 7.95. The van der Waals surface area contributed by atoms with Gasteiger partial charge in [-0.1, -0.05) is 0 Å². The van der Waals surface area contributed by atoms with E-state index in [2.05, 4.69) is 22.2 Å². The topological polar surface area (TPSA) is 37.8 Å². The summed E-state index contributed by atoms with van der Waals surface area (Å²) in [5.74, 6) is 0.594. The molecule has 13 heavy (non-hydrogen) atoms. The van der Waals surface area contributed by atoms with E-state index in [9.17, 15) is 0 Å². The molecule has 2 rings (SSSR count). The van der Waals surface area contributed by atoms with E-state index in [0.717, 1.165) is 13.1 Å². The van der Waals surface area contributed by atoms with Crippen molar-refractivity contribution in [3.05, 3.63) is 23.8 Å². The molecule has 0 amide bonds. The number of hydrogen-bond acceptors (Lipinski definition) is 3. The van der Waals surface area contributed by atoms with Crippen LogP contribution in [0.15, 0.2) is 12.5 Å². The van der Waals surface area contributed by atoms with Crippen LogP contribution in [0.2, 0.25) is 0 Å². The molecule has 1 aliphatic rings. The van der Waals surface area contributed by atoms with E-state index >= 15 is 0 Å². The van der Waals surface area contributed by atoms with Crippen molar-refractivity contribution in [1.29, 1.82) is 0 Å². The number of rotatable bonds is 1. The van der Waals surface area contributed by atoms with Gasteiger partial charge < -0.3 is 5.32 Å². The SMILES string of the molecule is Cc1cncnc1[C@@H]1CCCNC1. The fourth-order valence-corrected chi connectivity index (χ4v) is 1.92. The highest BCUT2D eigenvalue weighted by atomic mass is 14.9. The average Bonchev–Trinajstić information content (AvgIpc) is 2.20. The molecule has 0 spiro atoms. The molecule has 1 aromatic heterocycles. The predicted molar refractivity (Wildman–Crippen MR) is 51.6 cm³/mol. The van der Waals surface area contributed by atoms with Crippen molar-refractivity contribution in [2.24, 2.45) is 0 Å². The first-order chi connectivity index (χ1) is 6.38. The summed E-state index contributed by atoms with van der Waals surface area (Å²) in [6, 6.07) is 0. The van der Waals surface area contributed by atoms with Crippen molar-refractivity contribution in [2.45, 2.75) is 25.7 Å².